The van der Waals surface area contributed by atoms with Crippen molar-refractivity contribution in [2.75, 3.05) is 4.90 Å². The number of nitrogens with zero attached hydrogens (tertiary/aromatic N) is 2. The molecule has 3 aromatic rings. The number of thiophene rings is 1. The summed E-state index contributed by atoms with van der Waals surface area (Å²) in [6, 6.07) is 13.5. The average Bonchev–Trinajstić information content (AvgIpc) is 3.34. The lowest BCUT2D eigenvalue weighted by Gasteiger charge is -2.28. The van der Waals surface area contributed by atoms with Crippen LogP contribution in [0.15, 0.2) is 54.7 Å². The van der Waals surface area contributed by atoms with Crippen LogP contribution >= 0.6 is 11.3 Å². The molecule has 2 amide bonds. The zero-order chi connectivity index (χ0) is 24.6. The number of hydrogen-bond acceptors (Lipinski definition) is 6. The minimum atomic E-state index is -1.24. The van der Waals surface area contributed by atoms with Gasteiger partial charge in [0, 0.05) is 33.6 Å². The number of amides is 2. The van der Waals surface area contributed by atoms with E-state index < -0.39 is 29.6 Å². The van der Waals surface area contributed by atoms with Gasteiger partial charge in [-0.25, -0.2) is 0 Å². The molecule has 2 atom stereocenters. The van der Waals surface area contributed by atoms with Gasteiger partial charge >= 0.3 is 0 Å². The molecule has 1 fully saturated rings. The summed E-state index contributed by atoms with van der Waals surface area (Å²) in [5, 5.41) is 0. The number of nitrogens with two attached hydrogens (primary N) is 1. The first-order valence-corrected chi connectivity index (χ1v) is 11.8. The van der Waals surface area contributed by atoms with Crippen LogP contribution in [0.2, 0.25) is 0 Å². The second-order valence-electron chi connectivity index (χ2n) is 8.79. The molecule has 7 nitrogen and oxygen atoms in total. The normalized spacial score (nSPS) is 18.1. The largest absolute Gasteiger partial charge is 0.364 e. The fourth-order valence-electron chi connectivity index (χ4n) is 4.36. The number of pyridine rings is 1. The second-order valence-corrected chi connectivity index (χ2v) is 10.1. The number of aryl methyl sites for hydroxylation is 1. The molecule has 1 aliphatic heterocycles. The third kappa shape index (κ3) is 4.28. The number of rotatable bonds is 7. The Hall–Kier alpha value is -3.65. The van der Waals surface area contributed by atoms with Crippen LogP contribution in [0.25, 0.3) is 10.4 Å². The maximum atomic E-state index is 13.2. The summed E-state index contributed by atoms with van der Waals surface area (Å²) >= 11 is 1.65. The van der Waals surface area contributed by atoms with Crippen LogP contribution < -0.4 is 10.6 Å². The number of Topliss-reactive ketones (excluding diaryl/α,β-unsaturated/α-hetero) is 2. The van der Waals surface area contributed by atoms with E-state index in [9.17, 15) is 19.2 Å². The van der Waals surface area contributed by atoms with Gasteiger partial charge < -0.3 is 5.73 Å². The zero-order valence-corrected chi connectivity index (χ0v) is 20.0. The minimum absolute atomic E-state index is 0.00291. The highest BCUT2D eigenvalue weighted by atomic mass is 32.1. The summed E-state index contributed by atoms with van der Waals surface area (Å²) in [6.07, 6.45) is 1.55. The molecule has 2 aromatic heterocycles. The lowest BCUT2D eigenvalue weighted by molar-refractivity contribution is -0.139. The smallest absolute Gasteiger partial charge is 0.295 e. The van der Waals surface area contributed by atoms with Crippen LogP contribution in [0.3, 0.4) is 0 Å². The first-order valence-electron chi connectivity index (χ1n) is 11.0. The van der Waals surface area contributed by atoms with Crippen LogP contribution in [0.1, 0.15) is 47.2 Å². The number of ketones is 2. The van der Waals surface area contributed by atoms with Crippen molar-refractivity contribution in [1.29, 1.82) is 0 Å². The first kappa shape index (κ1) is 23.5. The fourth-order valence-corrected chi connectivity index (χ4v) is 5.23. The highest BCUT2D eigenvalue weighted by Gasteiger charge is 2.52. The van der Waals surface area contributed by atoms with Crippen molar-refractivity contribution >= 4 is 40.4 Å². The molecule has 174 valence electrons. The highest BCUT2D eigenvalue weighted by Crippen LogP contribution is 2.42. The summed E-state index contributed by atoms with van der Waals surface area (Å²) in [4.78, 5) is 59.3. The maximum absolute atomic E-state index is 13.2. The summed E-state index contributed by atoms with van der Waals surface area (Å²) < 4.78 is 0. The van der Waals surface area contributed by atoms with Gasteiger partial charge in [-0.3, -0.25) is 29.1 Å². The van der Waals surface area contributed by atoms with Gasteiger partial charge in [0.1, 0.15) is 17.4 Å². The molecule has 0 aliphatic carbocycles. The van der Waals surface area contributed by atoms with Crippen LogP contribution in [0.4, 0.5) is 5.69 Å². The van der Waals surface area contributed by atoms with Gasteiger partial charge in [-0.1, -0.05) is 32.0 Å². The number of carbonyl (C=O) groups excluding carboxylic acids is 4. The molecule has 0 radical (unpaired) electrons. The number of anilines is 1. The number of aromatic nitrogens is 1. The van der Waals surface area contributed by atoms with E-state index in [0.29, 0.717) is 5.69 Å². The van der Waals surface area contributed by atoms with Crippen molar-refractivity contribution in [3.63, 3.8) is 0 Å². The van der Waals surface area contributed by atoms with E-state index in [1.165, 1.54) is 16.0 Å². The van der Waals surface area contributed by atoms with Crippen molar-refractivity contribution in [2.45, 2.75) is 33.2 Å². The minimum Gasteiger partial charge on any atom is -0.364 e. The molecule has 3 heterocycles. The molecule has 34 heavy (non-hydrogen) atoms. The van der Waals surface area contributed by atoms with E-state index >= 15 is 0 Å². The van der Waals surface area contributed by atoms with E-state index in [1.807, 2.05) is 45.0 Å². The average molecular weight is 476 g/mol. The monoisotopic (exact) mass is 475 g/mol. The predicted molar refractivity (Wildman–Crippen MR) is 130 cm³/mol. The standard InChI is InChI=1S/C26H25N3O4S/c1-14(2)13-19(30)21-23(18-5-4-12-28-22(18)25(27)32)29(26(33)24(21)31)17-9-7-16(8-10-17)20-11-6-15(3)34-20/h4-12,14,21,23H,13H2,1-3H3,(H2,27,32). The Morgan fingerprint density at radius 2 is 1.79 bits per heavy atom. The highest BCUT2D eigenvalue weighted by molar-refractivity contribution is 7.15. The van der Waals surface area contributed by atoms with Crippen LogP contribution in [-0.4, -0.2) is 28.4 Å². The molecular weight excluding hydrogens is 450 g/mol. The molecule has 1 aromatic carbocycles. The summed E-state index contributed by atoms with van der Waals surface area (Å²) in [5.74, 6) is -3.94. The molecule has 0 saturated carbocycles. The van der Waals surface area contributed by atoms with Crippen molar-refractivity contribution < 1.29 is 19.2 Å². The summed E-state index contributed by atoms with van der Waals surface area (Å²) in [7, 11) is 0. The van der Waals surface area contributed by atoms with E-state index in [0.717, 1.165) is 10.4 Å². The number of benzene rings is 1. The van der Waals surface area contributed by atoms with E-state index in [-0.39, 0.29) is 29.4 Å². The molecule has 1 saturated heterocycles. The van der Waals surface area contributed by atoms with Gasteiger partial charge in [0.25, 0.3) is 11.8 Å². The van der Waals surface area contributed by atoms with Gasteiger partial charge in [-0.05, 0) is 48.7 Å². The van der Waals surface area contributed by atoms with Crippen LogP contribution in [-0.2, 0) is 14.4 Å². The molecular formula is C26H25N3O4S. The lowest BCUT2D eigenvalue weighted by Crippen LogP contribution is -2.33. The van der Waals surface area contributed by atoms with Gasteiger partial charge in [0.05, 0.1) is 6.04 Å². The Morgan fingerprint density at radius 3 is 2.38 bits per heavy atom. The Balaban J connectivity index is 1.83. The molecule has 8 heteroatoms. The van der Waals surface area contributed by atoms with Gasteiger partial charge in [0.2, 0.25) is 5.78 Å². The third-order valence-electron chi connectivity index (χ3n) is 5.82. The van der Waals surface area contributed by atoms with Crippen molar-refractivity contribution in [1.82, 2.24) is 4.98 Å². The molecule has 1 aliphatic rings. The Labute approximate surface area is 201 Å². The quantitative estimate of drug-likeness (QED) is 0.408. The van der Waals surface area contributed by atoms with Crippen LogP contribution in [0, 0.1) is 18.8 Å². The SMILES string of the molecule is Cc1ccc(-c2ccc(N3C(=O)C(=O)C(C(=O)CC(C)C)C3c3cccnc3C(N)=O)cc2)s1. The molecule has 2 N–H and O–H groups in total. The lowest BCUT2D eigenvalue weighted by atomic mass is 9.85. The summed E-state index contributed by atoms with van der Waals surface area (Å²) in [6.45, 7) is 5.77. The molecule has 2 unspecified atom stereocenters. The predicted octanol–water partition coefficient (Wildman–Crippen LogP) is 4.11. The van der Waals surface area contributed by atoms with Crippen molar-refractivity contribution in [2.24, 2.45) is 17.6 Å². The van der Waals surface area contributed by atoms with Crippen LogP contribution in [0.5, 0.6) is 0 Å². The Morgan fingerprint density at radius 1 is 1.09 bits per heavy atom. The topological polar surface area (TPSA) is 110 Å². The first-order chi connectivity index (χ1) is 16.2. The Bertz CT molecular complexity index is 1280. The second kappa shape index (κ2) is 9.30. The van der Waals surface area contributed by atoms with Gasteiger partial charge in [-0.2, -0.15) is 0 Å². The summed E-state index contributed by atoms with van der Waals surface area (Å²) in [5.41, 5.74) is 7.21. The maximum Gasteiger partial charge on any atom is 0.295 e. The molecule has 0 spiro atoms. The van der Waals surface area contributed by atoms with E-state index in [4.69, 9.17) is 5.73 Å². The van der Waals surface area contributed by atoms with E-state index in [2.05, 4.69) is 4.98 Å². The zero-order valence-electron chi connectivity index (χ0n) is 19.1. The molecule has 0 bridgehead atoms. The number of primary amides is 1. The van der Waals surface area contributed by atoms with E-state index in [1.54, 1.807) is 35.6 Å². The Kier molecular flexibility index (Phi) is 6.43. The third-order valence-corrected chi connectivity index (χ3v) is 6.87. The number of hydrogen-bond donors (Lipinski definition) is 1. The van der Waals surface area contributed by atoms with Gasteiger partial charge in [-0.15, -0.1) is 11.3 Å². The fraction of sp³-hybridized carbons (Fsp3) is 0.269. The van der Waals surface area contributed by atoms with Crippen molar-refractivity contribution in [3.8, 4) is 10.4 Å². The molecule has 4 rings (SSSR count). The number of carbonyl (C=O) groups is 4. The van der Waals surface area contributed by atoms with Gasteiger partial charge in [0.15, 0.2) is 0 Å². The van der Waals surface area contributed by atoms with Crippen molar-refractivity contribution in [3.05, 3.63) is 70.9 Å².